The molecule has 1 rings (SSSR count). The summed E-state index contributed by atoms with van der Waals surface area (Å²) in [4.78, 5) is 0. The van der Waals surface area contributed by atoms with Gasteiger partial charge < -0.3 is 10.2 Å². The van der Waals surface area contributed by atoms with Crippen molar-refractivity contribution in [3.63, 3.8) is 0 Å². The van der Waals surface area contributed by atoms with Gasteiger partial charge in [-0.1, -0.05) is 13.8 Å². The van der Waals surface area contributed by atoms with Gasteiger partial charge >= 0.3 is 0 Å². The molecule has 0 aliphatic rings. The van der Waals surface area contributed by atoms with Gasteiger partial charge in [0.05, 0.1) is 0 Å². The van der Waals surface area contributed by atoms with Crippen molar-refractivity contribution in [3.05, 3.63) is 22.6 Å². The lowest BCUT2D eigenvalue weighted by Crippen LogP contribution is -2.03. The number of halogens is 2. The van der Waals surface area contributed by atoms with Crippen LogP contribution in [0.5, 0.6) is 0 Å². The van der Waals surface area contributed by atoms with Crippen molar-refractivity contribution in [1.29, 1.82) is 0 Å². The van der Waals surface area contributed by atoms with Crippen LogP contribution in [0.4, 0.5) is 8.78 Å². The van der Waals surface area contributed by atoms with Crippen LogP contribution in [-0.4, -0.2) is 0 Å². The van der Waals surface area contributed by atoms with E-state index >= 15 is 0 Å². The van der Waals surface area contributed by atoms with Gasteiger partial charge in [-0.15, -0.1) is 0 Å². The molecule has 0 atom stereocenters. The Bertz CT molecular complexity index is 318. The molecule has 2 N–H and O–H groups in total. The normalized spacial score (nSPS) is 11.7. The van der Waals surface area contributed by atoms with Crippen LogP contribution in [0, 0.1) is 6.92 Å². The summed E-state index contributed by atoms with van der Waals surface area (Å²) < 4.78 is 30.1. The SMILES string of the molecule is Cc1oc(C(F)F)c(CN)c1C(C)C. The fourth-order valence-corrected chi connectivity index (χ4v) is 1.77. The lowest BCUT2D eigenvalue weighted by Gasteiger charge is -2.06. The number of aryl methyl sites for hydroxylation is 1. The van der Waals surface area contributed by atoms with E-state index in [1.165, 1.54) is 0 Å². The van der Waals surface area contributed by atoms with Crippen molar-refractivity contribution in [3.8, 4) is 0 Å². The summed E-state index contributed by atoms with van der Waals surface area (Å²) >= 11 is 0. The van der Waals surface area contributed by atoms with E-state index in [-0.39, 0.29) is 18.2 Å². The van der Waals surface area contributed by atoms with Gasteiger partial charge in [0.25, 0.3) is 6.43 Å². The average Bonchev–Trinajstić information content (AvgIpc) is 2.41. The first-order chi connectivity index (χ1) is 6.49. The molecule has 1 aromatic heterocycles. The van der Waals surface area contributed by atoms with E-state index in [1.54, 1.807) is 6.92 Å². The highest BCUT2D eigenvalue weighted by atomic mass is 19.3. The Hall–Kier alpha value is -0.900. The Morgan fingerprint density at radius 2 is 1.93 bits per heavy atom. The summed E-state index contributed by atoms with van der Waals surface area (Å²) in [7, 11) is 0. The molecule has 0 amide bonds. The van der Waals surface area contributed by atoms with Crippen molar-refractivity contribution < 1.29 is 13.2 Å². The van der Waals surface area contributed by atoms with Crippen LogP contribution < -0.4 is 5.73 Å². The molecule has 2 nitrogen and oxygen atoms in total. The maximum atomic E-state index is 12.5. The molecule has 0 spiro atoms. The minimum absolute atomic E-state index is 0.102. The highest BCUT2D eigenvalue weighted by molar-refractivity contribution is 5.36. The molecule has 0 fully saturated rings. The lowest BCUT2D eigenvalue weighted by molar-refractivity contribution is 0.119. The van der Waals surface area contributed by atoms with Crippen LogP contribution in [0.25, 0.3) is 0 Å². The van der Waals surface area contributed by atoms with E-state index in [4.69, 9.17) is 10.2 Å². The quantitative estimate of drug-likeness (QED) is 0.819. The maximum absolute atomic E-state index is 12.5. The van der Waals surface area contributed by atoms with Crippen LogP contribution in [0.3, 0.4) is 0 Å². The molecule has 0 aliphatic carbocycles. The Balaban J connectivity index is 3.28. The first-order valence-electron chi connectivity index (χ1n) is 4.59. The zero-order valence-corrected chi connectivity index (χ0v) is 8.60. The zero-order chi connectivity index (χ0) is 10.9. The van der Waals surface area contributed by atoms with Gasteiger partial charge in [0, 0.05) is 17.7 Å². The third-order valence-corrected chi connectivity index (χ3v) is 2.24. The fourth-order valence-electron chi connectivity index (χ4n) is 1.77. The van der Waals surface area contributed by atoms with Gasteiger partial charge in [-0.05, 0) is 12.8 Å². The Morgan fingerprint density at radius 1 is 1.36 bits per heavy atom. The number of rotatable bonds is 3. The van der Waals surface area contributed by atoms with E-state index in [1.807, 2.05) is 13.8 Å². The molecule has 80 valence electrons. The highest BCUT2D eigenvalue weighted by Crippen LogP contribution is 2.34. The number of hydrogen-bond acceptors (Lipinski definition) is 2. The number of hydrogen-bond donors (Lipinski definition) is 1. The first-order valence-corrected chi connectivity index (χ1v) is 4.59. The van der Waals surface area contributed by atoms with Gasteiger partial charge in [-0.2, -0.15) is 0 Å². The van der Waals surface area contributed by atoms with Crippen molar-refractivity contribution in [2.24, 2.45) is 5.73 Å². The molecule has 1 aromatic rings. The summed E-state index contributed by atoms with van der Waals surface area (Å²) in [6.07, 6.45) is -2.58. The van der Waals surface area contributed by atoms with Gasteiger partial charge in [0.15, 0.2) is 5.76 Å². The van der Waals surface area contributed by atoms with Crippen LogP contribution in [-0.2, 0) is 6.54 Å². The summed E-state index contributed by atoms with van der Waals surface area (Å²) in [5.41, 5.74) is 6.73. The molecule has 0 bridgehead atoms. The molecule has 4 heteroatoms. The molecule has 0 unspecified atom stereocenters. The van der Waals surface area contributed by atoms with Crippen LogP contribution in [0.2, 0.25) is 0 Å². The second kappa shape index (κ2) is 4.09. The molecule has 0 aromatic carbocycles. The van der Waals surface area contributed by atoms with Gasteiger partial charge in [0.1, 0.15) is 5.76 Å². The summed E-state index contributed by atoms with van der Waals surface area (Å²) in [5.74, 6) is 0.439. The Kier molecular flexibility index (Phi) is 3.26. The average molecular weight is 203 g/mol. The number of nitrogens with two attached hydrogens (primary N) is 1. The van der Waals surface area contributed by atoms with E-state index in [9.17, 15) is 8.78 Å². The van der Waals surface area contributed by atoms with Gasteiger partial charge in [-0.25, -0.2) is 8.78 Å². The monoisotopic (exact) mass is 203 g/mol. The van der Waals surface area contributed by atoms with Crippen LogP contribution >= 0.6 is 0 Å². The first kappa shape index (κ1) is 11.2. The molecule has 0 aliphatic heterocycles. The summed E-state index contributed by atoms with van der Waals surface area (Å²) in [5, 5.41) is 0. The minimum Gasteiger partial charge on any atom is -0.460 e. The van der Waals surface area contributed by atoms with Crippen molar-refractivity contribution in [1.82, 2.24) is 0 Å². The number of furan rings is 1. The van der Waals surface area contributed by atoms with E-state index in [0.717, 1.165) is 5.56 Å². The molecular weight excluding hydrogens is 188 g/mol. The van der Waals surface area contributed by atoms with Gasteiger partial charge in [-0.3, -0.25) is 0 Å². The topological polar surface area (TPSA) is 39.2 Å². The molecule has 0 radical (unpaired) electrons. The standard InChI is InChI=1S/C10H15F2NO/c1-5(2)8-6(3)14-9(10(11)12)7(8)4-13/h5,10H,4,13H2,1-3H3. The summed E-state index contributed by atoms with van der Waals surface area (Å²) in [6.45, 7) is 5.67. The third-order valence-electron chi connectivity index (χ3n) is 2.24. The Morgan fingerprint density at radius 3 is 2.29 bits per heavy atom. The van der Waals surface area contributed by atoms with Crippen LogP contribution in [0.15, 0.2) is 4.42 Å². The van der Waals surface area contributed by atoms with Crippen molar-refractivity contribution >= 4 is 0 Å². The number of alkyl halides is 2. The van der Waals surface area contributed by atoms with Gasteiger partial charge in [0.2, 0.25) is 0 Å². The Labute approximate surface area is 82.1 Å². The summed E-state index contributed by atoms with van der Waals surface area (Å²) in [6, 6.07) is 0. The molecule has 14 heavy (non-hydrogen) atoms. The predicted molar refractivity (Wildman–Crippen MR) is 50.4 cm³/mol. The zero-order valence-electron chi connectivity index (χ0n) is 8.60. The molecular formula is C10H15F2NO. The second-order valence-electron chi connectivity index (χ2n) is 3.57. The largest absolute Gasteiger partial charge is 0.460 e. The minimum atomic E-state index is -2.58. The highest BCUT2D eigenvalue weighted by Gasteiger charge is 2.24. The van der Waals surface area contributed by atoms with E-state index < -0.39 is 6.43 Å². The molecule has 0 saturated heterocycles. The van der Waals surface area contributed by atoms with Crippen molar-refractivity contribution in [2.45, 2.75) is 39.7 Å². The second-order valence-corrected chi connectivity index (χ2v) is 3.57. The molecule has 1 heterocycles. The fraction of sp³-hybridized carbons (Fsp3) is 0.600. The lowest BCUT2D eigenvalue weighted by atomic mass is 9.98. The third kappa shape index (κ3) is 1.80. The van der Waals surface area contributed by atoms with Crippen molar-refractivity contribution in [2.75, 3.05) is 0 Å². The van der Waals surface area contributed by atoms with Crippen LogP contribution in [0.1, 0.15) is 48.8 Å². The maximum Gasteiger partial charge on any atom is 0.295 e. The predicted octanol–water partition coefficient (Wildman–Crippen LogP) is 3.11. The smallest absolute Gasteiger partial charge is 0.295 e. The van der Waals surface area contributed by atoms with E-state index in [0.29, 0.717) is 11.3 Å². The molecule has 0 saturated carbocycles. The van der Waals surface area contributed by atoms with E-state index in [2.05, 4.69) is 0 Å².